The fraction of sp³-hybridized carbons (Fsp3) is 0.429. The van der Waals surface area contributed by atoms with Crippen molar-refractivity contribution in [2.45, 2.75) is 26.8 Å². The predicted octanol–water partition coefficient (Wildman–Crippen LogP) is 5.20. The van der Waals surface area contributed by atoms with Crippen LogP contribution in [0.5, 0.6) is 0 Å². The van der Waals surface area contributed by atoms with Crippen LogP contribution in [-0.4, -0.2) is 37.6 Å². The molecule has 128 valence electrons. The van der Waals surface area contributed by atoms with E-state index in [0.29, 0.717) is 5.92 Å². The number of nitrogens with zero attached hydrogens (tertiary/aromatic N) is 2. The van der Waals surface area contributed by atoms with E-state index >= 15 is 0 Å². The summed E-state index contributed by atoms with van der Waals surface area (Å²) >= 11 is 1.95. The molecule has 0 spiro atoms. The topological polar surface area (TPSA) is 6.48 Å². The van der Waals surface area contributed by atoms with Crippen LogP contribution in [0.25, 0.3) is 20.2 Å². The first-order chi connectivity index (χ1) is 11.4. The summed E-state index contributed by atoms with van der Waals surface area (Å²) in [6.45, 7) is 6.53. The van der Waals surface area contributed by atoms with Crippen molar-refractivity contribution in [3.05, 3.63) is 47.5 Å². The van der Waals surface area contributed by atoms with Crippen LogP contribution in [0.3, 0.4) is 0 Å². The molecule has 24 heavy (non-hydrogen) atoms. The third-order valence-electron chi connectivity index (χ3n) is 4.25. The van der Waals surface area contributed by atoms with Crippen LogP contribution in [0, 0.1) is 5.92 Å². The Hall–Kier alpha value is -1.42. The molecule has 0 bridgehead atoms. The van der Waals surface area contributed by atoms with Gasteiger partial charge in [0, 0.05) is 26.7 Å². The van der Waals surface area contributed by atoms with E-state index < -0.39 is 0 Å². The number of rotatable bonds is 6. The standard InChI is InChI=1S/C21H28N2S/c1-15(2)11-16-9-10-18-19-8-6-7-17(13-23(5)14-22(3)4)21(19)24-20(18)12-16/h6-10,12,15H,11,13-14H2,1-5H3. The average molecular weight is 341 g/mol. The van der Waals surface area contributed by atoms with Crippen molar-refractivity contribution in [2.75, 3.05) is 27.8 Å². The number of hydrogen-bond donors (Lipinski definition) is 0. The van der Waals surface area contributed by atoms with Crippen molar-refractivity contribution >= 4 is 31.5 Å². The molecule has 3 rings (SSSR count). The van der Waals surface area contributed by atoms with Crippen LogP contribution in [0.4, 0.5) is 0 Å². The van der Waals surface area contributed by atoms with Gasteiger partial charge in [0.1, 0.15) is 0 Å². The zero-order valence-electron chi connectivity index (χ0n) is 15.5. The minimum Gasteiger partial charge on any atom is -0.297 e. The summed E-state index contributed by atoms with van der Waals surface area (Å²) in [6.07, 6.45) is 1.16. The van der Waals surface area contributed by atoms with Gasteiger partial charge in [-0.05, 0) is 50.7 Å². The second-order valence-electron chi connectivity index (χ2n) is 7.56. The quantitative estimate of drug-likeness (QED) is 0.569. The molecule has 2 aromatic carbocycles. The number of hydrogen-bond acceptors (Lipinski definition) is 3. The monoisotopic (exact) mass is 340 g/mol. The van der Waals surface area contributed by atoms with Gasteiger partial charge < -0.3 is 0 Å². The first-order valence-electron chi connectivity index (χ1n) is 8.70. The van der Waals surface area contributed by atoms with E-state index in [0.717, 1.165) is 19.6 Å². The normalized spacial score (nSPS) is 12.3. The highest BCUT2D eigenvalue weighted by Gasteiger charge is 2.11. The Morgan fingerprint density at radius 1 is 1.00 bits per heavy atom. The van der Waals surface area contributed by atoms with E-state index in [1.807, 2.05) is 11.3 Å². The lowest BCUT2D eigenvalue weighted by atomic mass is 10.0. The van der Waals surface area contributed by atoms with Gasteiger partial charge in [0.25, 0.3) is 0 Å². The Balaban J connectivity index is 1.99. The van der Waals surface area contributed by atoms with Gasteiger partial charge in [-0.1, -0.05) is 44.2 Å². The maximum atomic E-state index is 2.40. The molecule has 3 aromatic rings. The molecule has 0 radical (unpaired) electrons. The van der Waals surface area contributed by atoms with E-state index in [2.05, 4.69) is 81.2 Å². The lowest BCUT2D eigenvalue weighted by Gasteiger charge is -2.21. The van der Waals surface area contributed by atoms with Gasteiger partial charge in [0.15, 0.2) is 0 Å². The molecule has 1 aromatic heterocycles. The number of thiophene rings is 1. The zero-order valence-corrected chi connectivity index (χ0v) is 16.3. The summed E-state index contributed by atoms with van der Waals surface area (Å²) < 4.78 is 2.87. The van der Waals surface area contributed by atoms with Crippen LogP contribution in [0.1, 0.15) is 25.0 Å². The van der Waals surface area contributed by atoms with E-state index in [9.17, 15) is 0 Å². The summed E-state index contributed by atoms with van der Waals surface area (Å²) in [5, 5.41) is 2.81. The molecule has 0 atom stereocenters. The van der Waals surface area contributed by atoms with E-state index in [-0.39, 0.29) is 0 Å². The Kier molecular flexibility index (Phi) is 5.24. The molecular formula is C21H28N2S. The maximum absolute atomic E-state index is 2.40. The molecule has 0 amide bonds. The van der Waals surface area contributed by atoms with Crippen LogP contribution >= 0.6 is 11.3 Å². The van der Waals surface area contributed by atoms with E-state index in [4.69, 9.17) is 0 Å². The molecule has 0 aliphatic rings. The lowest BCUT2D eigenvalue weighted by Crippen LogP contribution is -2.29. The largest absolute Gasteiger partial charge is 0.297 e. The molecule has 0 aliphatic carbocycles. The predicted molar refractivity (Wildman–Crippen MR) is 108 cm³/mol. The highest BCUT2D eigenvalue weighted by atomic mass is 32.1. The van der Waals surface area contributed by atoms with Crippen LogP contribution in [0.2, 0.25) is 0 Å². The molecule has 0 aliphatic heterocycles. The average Bonchev–Trinajstić information content (AvgIpc) is 2.84. The third kappa shape index (κ3) is 3.80. The van der Waals surface area contributed by atoms with Crippen molar-refractivity contribution in [2.24, 2.45) is 5.92 Å². The summed E-state index contributed by atoms with van der Waals surface area (Å²) in [4.78, 5) is 4.58. The van der Waals surface area contributed by atoms with Gasteiger partial charge >= 0.3 is 0 Å². The van der Waals surface area contributed by atoms with Gasteiger partial charge in [-0.2, -0.15) is 0 Å². The second-order valence-corrected chi connectivity index (χ2v) is 8.61. The van der Waals surface area contributed by atoms with Gasteiger partial charge in [-0.15, -0.1) is 11.3 Å². The van der Waals surface area contributed by atoms with E-state index in [1.54, 1.807) is 0 Å². The van der Waals surface area contributed by atoms with Crippen molar-refractivity contribution in [1.29, 1.82) is 0 Å². The summed E-state index contributed by atoms with van der Waals surface area (Å²) in [7, 11) is 6.42. The van der Waals surface area contributed by atoms with Gasteiger partial charge in [0.2, 0.25) is 0 Å². The molecule has 3 heteroatoms. The van der Waals surface area contributed by atoms with Crippen molar-refractivity contribution in [1.82, 2.24) is 9.80 Å². The van der Waals surface area contributed by atoms with Crippen LogP contribution < -0.4 is 0 Å². The van der Waals surface area contributed by atoms with Gasteiger partial charge in [-0.3, -0.25) is 9.80 Å². The van der Waals surface area contributed by atoms with Crippen molar-refractivity contribution in [3.63, 3.8) is 0 Å². The Labute approximate surface area is 149 Å². The Bertz CT molecular complexity index is 832. The smallest absolute Gasteiger partial charge is 0.0501 e. The number of benzene rings is 2. The molecule has 0 N–H and O–H groups in total. The SMILES string of the molecule is CC(C)Cc1ccc2c(c1)sc1c(CN(C)CN(C)C)cccc12. The molecular weight excluding hydrogens is 312 g/mol. The zero-order chi connectivity index (χ0) is 17.3. The lowest BCUT2D eigenvalue weighted by molar-refractivity contribution is 0.205. The van der Waals surface area contributed by atoms with Crippen molar-refractivity contribution < 1.29 is 0 Å². The highest BCUT2D eigenvalue weighted by Crippen LogP contribution is 2.37. The molecule has 0 saturated heterocycles. The summed E-state index contributed by atoms with van der Waals surface area (Å²) in [5.74, 6) is 0.701. The molecule has 0 saturated carbocycles. The minimum absolute atomic E-state index is 0.701. The maximum Gasteiger partial charge on any atom is 0.0501 e. The highest BCUT2D eigenvalue weighted by molar-refractivity contribution is 7.26. The van der Waals surface area contributed by atoms with E-state index in [1.165, 1.54) is 31.3 Å². The molecule has 0 unspecified atom stereocenters. The van der Waals surface area contributed by atoms with Crippen LogP contribution in [0.15, 0.2) is 36.4 Å². The molecule has 1 heterocycles. The summed E-state index contributed by atoms with van der Waals surface area (Å²) in [5.41, 5.74) is 2.89. The van der Waals surface area contributed by atoms with Gasteiger partial charge in [0.05, 0.1) is 6.67 Å². The minimum atomic E-state index is 0.701. The number of fused-ring (bicyclic) bond motifs is 3. The first-order valence-corrected chi connectivity index (χ1v) is 9.52. The third-order valence-corrected chi connectivity index (χ3v) is 5.50. The van der Waals surface area contributed by atoms with Gasteiger partial charge in [-0.25, -0.2) is 0 Å². The Morgan fingerprint density at radius 3 is 2.50 bits per heavy atom. The summed E-state index contributed by atoms with van der Waals surface area (Å²) in [6, 6.07) is 13.8. The van der Waals surface area contributed by atoms with Crippen LogP contribution in [-0.2, 0) is 13.0 Å². The molecule has 2 nitrogen and oxygen atoms in total. The second kappa shape index (κ2) is 7.22. The fourth-order valence-corrected chi connectivity index (χ4v) is 4.72. The fourth-order valence-electron chi connectivity index (χ4n) is 3.45. The first kappa shape index (κ1) is 17.4. The molecule has 0 fully saturated rings. The Morgan fingerprint density at radius 2 is 1.79 bits per heavy atom. The van der Waals surface area contributed by atoms with Crippen molar-refractivity contribution in [3.8, 4) is 0 Å².